The molecule has 0 radical (unpaired) electrons. The van der Waals surface area contributed by atoms with Crippen molar-refractivity contribution < 1.29 is 23.5 Å². The summed E-state index contributed by atoms with van der Waals surface area (Å²) in [5, 5.41) is 18.4. The highest BCUT2D eigenvalue weighted by Crippen LogP contribution is 2.34. The Morgan fingerprint density at radius 3 is 2.06 bits per heavy atom. The van der Waals surface area contributed by atoms with Gasteiger partial charge in [-0.2, -0.15) is 0 Å². The average Bonchev–Trinajstić information content (AvgIpc) is 2.98. The molecule has 3 aromatic rings. The third-order valence-electron chi connectivity index (χ3n) is 2.57. The fourth-order valence-electron chi connectivity index (χ4n) is 1.76. The van der Waals surface area contributed by atoms with Crippen molar-refractivity contribution in [2.45, 2.75) is 6.92 Å². The smallest absolute Gasteiger partial charge is 0.282 e. The van der Waals surface area contributed by atoms with Crippen molar-refractivity contribution in [3.8, 4) is 34.9 Å². The van der Waals surface area contributed by atoms with E-state index in [1.54, 1.807) is 25.1 Å². The second kappa shape index (κ2) is 3.73. The van der Waals surface area contributed by atoms with E-state index in [1.807, 2.05) is 0 Å². The Labute approximate surface area is 102 Å². The first-order valence-corrected chi connectivity index (χ1v) is 5.32. The lowest BCUT2D eigenvalue weighted by atomic mass is 10.2. The summed E-state index contributed by atoms with van der Waals surface area (Å²) >= 11 is 0. The molecular formula is C13H10O5. The number of hydrogen-bond donors (Lipinski definition) is 2. The molecule has 0 aliphatic heterocycles. The fourth-order valence-corrected chi connectivity index (χ4v) is 1.76. The van der Waals surface area contributed by atoms with Gasteiger partial charge in [0.25, 0.3) is 11.9 Å². The van der Waals surface area contributed by atoms with E-state index in [2.05, 4.69) is 0 Å². The van der Waals surface area contributed by atoms with E-state index in [0.717, 1.165) is 5.56 Å². The highest BCUT2D eigenvalue weighted by Gasteiger charge is 2.15. The minimum Gasteiger partial charge on any atom is -0.481 e. The molecule has 0 fully saturated rings. The molecule has 3 aromatic heterocycles. The maximum atomic E-state index is 9.26. The van der Waals surface area contributed by atoms with Gasteiger partial charge in [-0.05, 0) is 25.1 Å². The molecule has 0 saturated carbocycles. The molecule has 0 aromatic carbocycles. The molecule has 5 nitrogen and oxygen atoms in total. The van der Waals surface area contributed by atoms with Crippen LogP contribution in [0.5, 0.6) is 11.9 Å². The van der Waals surface area contributed by atoms with E-state index in [-0.39, 0.29) is 11.9 Å². The molecule has 0 aliphatic rings. The molecule has 18 heavy (non-hydrogen) atoms. The van der Waals surface area contributed by atoms with Crippen molar-refractivity contribution in [2.24, 2.45) is 0 Å². The zero-order chi connectivity index (χ0) is 12.7. The van der Waals surface area contributed by atoms with Crippen LogP contribution in [0.3, 0.4) is 0 Å². The molecule has 3 rings (SSSR count). The summed E-state index contributed by atoms with van der Waals surface area (Å²) in [5.41, 5.74) is 0.774. The Morgan fingerprint density at radius 2 is 1.44 bits per heavy atom. The summed E-state index contributed by atoms with van der Waals surface area (Å²) in [6.07, 6.45) is 0. The quantitative estimate of drug-likeness (QED) is 0.723. The fraction of sp³-hybridized carbons (Fsp3) is 0.0769. The van der Waals surface area contributed by atoms with E-state index >= 15 is 0 Å². The summed E-state index contributed by atoms with van der Waals surface area (Å²) in [5.74, 6) is 1.52. The van der Waals surface area contributed by atoms with Gasteiger partial charge in [-0.25, -0.2) is 0 Å². The number of furan rings is 3. The Morgan fingerprint density at radius 1 is 0.778 bits per heavy atom. The topological polar surface area (TPSA) is 79.9 Å². The van der Waals surface area contributed by atoms with E-state index < -0.39 is 0 Å². The van der Waals surface area contributed by atoms with Gasteiger partial charge >= 0.3 is 0 Å². The Balaban J connectivity index is 2.01. The lowest BCUT2D eigenvalue weighted by Crippen LogP contribution is -1.71. The number of aryl methyl sites for hydroxylation is 1. The zero-order valence-corrected chi connectivity index (χ0v) is 9.51. The van der Waals surface area contributed by atoms with Crippen molar-refractivity contribution >= 4 is 0 Å². The van der Waals surface area contributed by atoms with Crippen molar-refractivity contribution in [3.63, 3.8) is 0 Å². The molecule has 0 amide bonds. The molecular weight excluding hydrogens is 236 g/mol. The van der Waals surface area contributed by atoms with E-state index in [1.165, 1.54) is 12.1 Å². The summed E-state index contributed by atoms with van der Waals surface area (Å²) in [7, 11) is 0. The molecule has 0 spiro atoms. The van der Waals surface area contributed by atoms with Crippen LogP contribution in [-0.4, -0.2) is 10.2 Å². The van der Waals surface area contributed by atoms with Crippen LogP contribution >= 0.6 is 0 Å². The summed E-state index contributed by atoms with van der Waals surface area (Å²) in [6.45, 7) is 1.81. The van der Waals surface area contributed by atoms with Crippen molar-refractivity contribution in [2.75, 3.05) is 0 Å². The zero-order valence-electron chi connectivity index (χ0n) is 9.51. The maximum absolute atomic E-state index is 9.26. The van der Waals surface area contributed by atoms with E-state index in [4.69, 9.17) is 18.4 Å². The molecule has 0 atom stereocenters. The third-order valence-corrected chi connectivity index (χ3v) is 2.57. The van der Waals surface area contributed by atoms with Gasteiger partial charge in [0.05, 0.1) is 0 Å². The van der Waals surface area contributed by atoms with Crippen LogP contribution in [0, 0.1) is 6.92 Å². The van der Waals surface area contributed by atoms with Gasteiger partial charge in [-0.15, -0.1) is 0 Å². The highest BCUT2D eigenvalue weighted by molar-refractivity contribution is 5.61. The Bertz CT molecular complexity index is 686. The molecule has 2 N–H and O–H groups in total. The lowest BCUT2D eigenvalue weighted by molar-refractivity contribution is 0.331. The van der Waals surface area contributed by atoms with Gasteiger partial charge in [0, 0.05) is 17.7 Å². The van der Waals surface area contributed by atoms with Crippen LogP contribution in [0.1, 0.15) is 5.56 Å². The highest BCUT2D eigenvalue weighted by atomic mass is 16.5. The molecule has 92 valence electrons. The molecule has 0 aliphatic carbocycles. The van der Waals surface area contributed by atoms with Crippen LogP contribution in [0.25, 0.3) is 23.0 Å². The van der Waals surface area contributed by atoms with E-state index in [0.29, 0.717) is 23.0 Å². The molecule has 0 bridgehead atoms. The lowest BCUT2D eigenvalue weighted by Gasteiger charge is -1.93. The third kappa shape index (κ3) is 1.66. The first-order valence-electron chi connectivity index (χ1n) is 5.32. The van der Waals surface area contributed by atoms with Gasteiger partial charge < -0.3 is 23.5 Å². The largest absolute Gasteiger partial charge is 0.481 e. The SMILES string of the molecule is Cc1cc(O)oc1-c1ccc(-c2ccc(O)o2)o1. The van der Waals surface area contributed by atoms with Crippen LogP contribution in [0.2, 0.25) is 0 Å². The van der Waals surface area contributed by atoms with Crippen molar-refractivity contribution in [1.29, 1.82) is 0 Å². The number of aromatic hydroxyl groups is 2. The van der Waals surface area contributed by atoms with Gasteiger partial charge in [0.15, 0.2) is 23.0 Å². The van der Waals surface area contributed by atoms with Crippen LogP contribution in [0.15, 0.2) is 43.6 Å². The normalized spacial score (nSPS) is 10.9. The standard InChI is InChI=1S/C13H10O5/c1-7-6-12(15)18-13(7)10-3-2-8(16-10)9-4-5-11(14)17-9/h2-6,14-15H,1H3. The molecule has 5 heteroatoms. The van der Waals surface area contributed by atoms with Gasteiger partial charge in [0.2, 0.25) is 0 Å². The van der Waals surface area contributed by atoms with Gasteiger partial charge in [0.1, 0.15) is 0 Å². The average molecular weight is 246 g/mol. The van der Waals surface area contributed by atoms with Crippen molar-refractivity contribution in [3.05, 3.63) is 35.9 Å². The van der Waals surface area contributed by atoms with Crippen LogP contribution in [-0.2, 0) is 0 Å². The summed E-state index contributed by atoms with van der Waals surface area (Å²) in [6, 6.07) is 7.95. The maximum Gasteiger partial charge on any atom is 0.282 e. The van der Waals surface area contributed by atoms with Gasteiger partial charge in [-0.3, -0.25) is 0 Å². The molecule has 0 unspecified atom stereocenters. The molecule has 3 heterocycles. The summed E-state index contributed by atoms with van der Waals surface area (Å²) < 4.78 is 15.7. The van der Waals surface area contributed by atoms with Crippen molar-refractivity contribution in [1.82, 2.24) is 0 Å². The second-order valence-electron chi connectivity index (χ2n) is 3.90. The Hall–Kier alpha value is -2.56. The monoisotopic (exact) mass is 246 g/mol. The molecule has 0 saturated heterocycles. The van der Waals surface area contributed by atoms with Crippen LogP contribution in [0.4, 0.5) is 0 Å². The van der Waals surface area contributed by atoms with Crippen LogP contribution < -0.4 is 0 Å². The first-order chi connectivity index (χ1) is 8.63. The number of rotatable bonds is 2. The van der Waals surface area contributed by atoms with E-state index in [9.17, 15) is 5.11 Å². The minimum absolute atomic E-state index is 0.156. The second-order valence-corrected chi connectivity index (χ2v) is 3.90. The predicted molar refractivity (Wildman–Crippen MR) is 62.2 cm³/mol. The summed E-state index contributed by atoms with van der Waals surface area (Å²) in [4.78, 5) is 0. The Kier molecular flexibility index (Phi) is 2.19. The predicted octanol–water partition coefficient (Wildman–Crippen LogP) is 3.52. The number of hydrogen-bond acceptors (Lipinski definition) is 5. The minimum atomic E-state index is -0.172. The van der Waals surface area contributed by atoms with Gasteiger partial charge in [-0.1, -0.05) is 0 Å². The first kappa shape index (κ1) is 10.6.